The van der Waals surface area contributed by atoms with Crippen LogP contribution >= 0.6 is 0 Å². The second-order valence-electron chi connectivity index (χ2n) is 6.51. The van der Waals surface area contributed by atoms with Crippen molar-refractivity contribution in [3.8, 4) is 0 Å². The molecule has 1 aliphatic carbocycles. The molecule has 1 N–H and O–H groups in total. The maximum Gasteiger partial charge on any atom is 0.175 e. The van der Waals surface area contributed by atoms with Crippen LogP contribution in [0.2, 0.25) is 0 Å². The standard InChI is InChI=1S/C16H24N2O2S/c1-12-9-14(11-18(12)15-5-6-15)17-10-13-3-7-16(8-4-13)21(2,19)20/h3-4,7-8,12,14-15,17H,5-6,9-11H2,1-2H3. The Morgan fingerprint density at radius 2 is 1.90 bits per heavy atom. The fourth-order valence-corrected chi connectivity index (χ4v) is 3.87. The number of benzene rings is 1. The van der Waals surface area contributed by atoms with Gasteiger partial charge in [-0.15, -0.1) is 0 Å². The van der Waals surface area contributed by atoms with E-state index in [2.05, 4.69) is 17.1 Å². The predicted octanol–water partition coefficient (Wildman–Crippen LogP) is 1.80. The summed E-state index contributed by atoms with van der Waals surface area (Å²) in [5.74, 6) is 0. The molecule has 1 saturated carbocycles. The minimum atomic E-state index is -3.09. The molecule has 3 rings (SSSR count). The first-order valence-corrected chi connectivity index (χ1v) is 9.61. The van der Waals surface area contributed by atoms with Crippen LogP contribution in [0.1, 0.15) is 31.7 Å². The molecule has 1 aliphatic heterocycles. The molecule has 2 atom stereocenters. The summed E-state index contributed by atoms with van der Waals surface area (Å²) in [4.78, 5) is 3.02. The Morgan fingerprint density at radius 1 is 1.24 bits per heavy atom. The second-order valence-corrected chi connectivity index (χ2v) is 8.52. The van der Waals surface area contributed by atoms with Gasteiger partial charge in [-0.25, -0.2) is 8.42 Å². The van der Waals surface area contributed by atoms with Crippen LogP contribution in [0, 0.1) is 0 Å². The van der Waals surface area contributed by atoms with Crippen LogP contribution in [0.25, 0.3) is 0 Å². The summed E-state index contributed by atoms with van der Waals surface area (Å²) in [6, 6.07) is 9.26. The zero-order chi connectivity index (χ0) is 15.0. The molecule has 5 heteroatoms. The lowest BCUT2D eigenvalue weighted by atomic mass is 10.1. The minimum absolute atomic E-state index is 0.389. The Labute approximate surface area is 127 Å². The van der Waals surface area contributed by atoms with E-state index in [0.29, 0.717) is 17.0 Å². The van der Waals surface area contributed by atoms with Crippen LogP contribution in [0.4, 0.5) is 0 Å². The van der Waals surface area contributed by atoms with Gasteiger partial charge in [-0.05, 0) is 43.9 Å². The second kappa shape index (κ2) is 5.71. The van der Waals surface area contributed by atoms with Crippen molar-refractivity contribution in [1.29, 1.82) is 0 Å². The third-order valence-corrected chi connectivity index (χ3v) is 5.71. The van der Waals surface area contributed by atoms with E-state index < -0.39 is 9.84 Å². The first kappa shape index (κ1) is 15.0. The van der Waals surface area contributed by atoms with E-state index in [1.165, 1.54) is 25.5 Å². The van der Waals surface area contributed by atoms with Gasteiger partial charge in [0.1, 0.15) is 0 Å². The monoisotopic (exact) mass is 308 g/mol. The highest BCUT2D eigenvalue weighted by Gasteiger charge is 2.38. The van der Waals surface area contributed by atoms with E-state index in [9.17, 15) is 8.42 Å². The molecule has 0 amide bonds. The van der Waals surface area contributed by atoms with Crippen molar-refractivity contribution in [3.05, 3.63) is 29.8 Å². The third kappa shape index (κ3) is 3.65. The first-order chi connectivity index (χ1) is 9.93. The molecule has 4 nitrogen and oxygen atoms in total. The molecule has 1 heterocycles. The number of hydrogen-bond acceptors (Lipinski definition) is 4. The molecule has 1 aromatic carbocycles. The van der Waals surface area contributed by atoms with Gasteiger partial charge in [-0.1, -0.05) is 12.1 Å². The van der Waals surface area contributed by atoms with Gasteiger partial charge in [0.05, 0.1) is 4.90 Å². The maximum absolute atomic E-state index is 11.4. The molecule has 2 unspecified atom stereocenters. The van der Waals surface area contributed by atoms with Gasteiger partial charge < -0.3 is 5.32 Å². The molecule has 2 fully saturated rings. The molecule has 1 aromatic rings. The number of likely N-dealkylation sites (tertiary alicyclic amines) is 1. The summed E-state index contributed by atoms with van der Waals surface area (Å²) in [5, 5.41) is 3.61. The van der Waals surface area contributed by atoms with Crippen molar-refractivity contribution in [2.75, 3.05) is 12.8 Å². The zero-order valence-corrected chi connectivity index (χ0v) is 13.6. The number of nitrogens with one attached hydrogen (secondary N) is 1. The number of hydrogen-bond donors (Lipinski definition) is 1. The van der Waals surface area contributed by atoms with E-state index in [4.69, 9.17) is 0 Å². The van der Waals surface area contributed by atoms with Gasteiger partial charge in [0.2, 0.25) is 0 Å². The highest BCUT2D eigenvalue weighted by Crippen LogP contribution is 2.33. The van der Waals surface area contributed by atoms with Crippen molar-refractivity contribution < 1.29 is 8.42 Å². The Bertz CT molecular complexity index is 593. The maximum atomic E-state index is 11.4. The molecule has 116 valence electrons. The molecule has 0 aromatic heterocycles. The Morgan fingerprint density at radius 3 is 2.48 bits per heavy atom. The molecule has 0 radical (unpaired) electrons. The average molecular weight is 308 g/mol. The Balaban J connectivity index is 1.53. The normalized spacial score (nSPS) is 27.1. The summed E-state index contributed by atoms with van der Waals surface area (Å²) < 4.78 is 22.9. The van der Waals surface area contributed by atoms with Crippen molar-refractivity contribution in [2.24, 2.45) is 0 Å². The minimum Gasteiger partial charge on any atom is -0.309 e. The van der Waals surface area contributed by atoms with Crippen LogP contribution in [0.3, 0.4) is 0 Å². The van der Waals surface area contributed by atoms with E-state index >= 15 is 0 Å². The number of nitrogens with zero attached hydrogens (tertiary/aromatic N) is 1. The molecule has 2 aliphatic rings. The summed E-state index contributed by atoms with van der Waals surface area (Å²) in [6.07, 6.45) is 5.18. The van der Waals surface area contributed by atoms with Crippen molar-refractivity contribution >= 4 is 9.84 Å². The van der Waals surface area contributed by atoms with Crippen molar-refractivity contribution in [3.63, 3.8) is 0 Å². The average Bonchev–Trinajstić information content (AvgIpc) is 3.20. The van der Waals surface area contributed by atoms with Crippen LogP contribution in [0.15, 0.2) is 29.2 Å². The Hall–Kier alpha value is -0.910. The lowest BCUT2D eigenvalue weighted by molar-refractivity contribution is 0.255. The summed E-state index contributed by atoms with van der Waals surface area (Å²) in [6.45, 7) is 4.27. The highest BCUT2D eigenvalue weighted by atomic mass is 32.2. The number of rotatable bonds is 5. The SMILES string of the molecule is CC1CC(NCc2ccc(S(C)(=O)=O)cc2)CN1C1CC1. The predicted molar refractivity (Wildman–Crippen MR) is 84.0 cm³/mol. The molecule has 1 saturated heterocycles. The van der Waals surface area contributed by atoms with E-state index in [-0.39, 0.29) is 0 Å². The van der Waals surface area contributed by atoms with Gasteiger partial charge in [0.25, 0.3) is 0 Å². The lowest BCUT2D eigenvalue weighted by Crippen LogP contribution is -2.33. The van der Waals surface area contributed by atoms with E-state index in [1.807, 2.05) is 12.1 Å². The van der Waals surface area contributed by atoms with Crippen molar-refractivity contribution in [2.45, 2.75) is 55.8 Å². The first-order valence-electron chi connectivity index (χ1n) is 7.71. The zero-order valence-electron chi connectivity index (χ0n) is 12.7. The third-order valence-electron chi connectivity index (χ3n) is 4.59. The van der Waals surface area contributed by atoms with Crippen LogP contribution in [0.5, 0.6) is 0 Å². The number of sulfone groups is 1. The molecular weight excluding hydrogens is 284 g/mol. The molecular formula is C16H24N2O2S. The van der Waals surface area contributed by atoms with E-state index in [1.54, 1.807) is 12.1 Å². The van der Waals surface area contributed by atoms with Gasteiger partial charge in [0, 0.05) is 37.5 Å². The quantitative estimate of drug-likeness (QED) is 0.901. The van der Waals surface area contributed by atoms with Gasteiger partial charge in [0.15, 0.2) is 9.84 Å². The van der Waals surface area contributed by atoms with Crippen LogP contribution < -0.4 is 5.32 Å². The summed E-state index contributed by atoms with van der Waals surface area (Å²) in [7, 11) is -3.09. The topological polar surface area (TPSA) is 49.4 Å². The lowest BCUT2D eigenvalue weighted by Gasteiger charge is -2.19. The van der Waals surface area contributed by atoms with Gasteiger partial charge in [-0.2, -0.15) is 0 Å². The molecule has 0 spiro atoms. The van der Waals surface area contributed by atoms with Gasteiger partial charge >= 0.3 is 0 Å². The van der Waals surface area contributed by atoms with Gasteiger partial charge in [-0.3, -0.25) is 4.90 Å². The van der Waals surface area contributed by atoms with E-state index in [0.717, 1.165) is 24.7 Å². The summed E-state index contributed by atoms with van der Waals surface area (Å²) in [5.41, 5.74) is 1.14. The largest absolute Gasteiger partial charge is 0.309 e. The Kier molecular flexibility index (Phi) is 4.08. The molecule has 0 bridgehead atoms. The smallest absolute Gasteiger partial charge is 0.175 e. The fourth-order valence-electron chi connectivity index (χ4n) is 3.24. The van der Waals surface area contributed by atoms with Crippen LogP contribution in [-0.2, 0) is 16.4 Å². The van der Waals surface area contributed by atoms with Crippen LogP contribution in [-0.4, -0.2) is 44.2 Å². The fraction of sp³-hybridized carbons (Fsp3) is 0.625. The summed E-state index contributed by atoms with van der Waals surface area (Å²) >= 11 is 0. The van der Waals surface area contributed by atoms with Crippen molar-refractivity contribution in [1.82, 2.24) is 10.2 Å². The highest BCUT2D eigenvalue weighted by molar-refractivity contribution is 7.90. The molecule has 21 heavy (non-hydrogen) atoms.